The van der Waals surface area contributed by atoms with E-state index in [0.717, 1.165) is 30.5 Å². The Morgan fingerprint density at radius 3 is 2.68 bits per heavy atom. The highest BCUT2D eigenvalue weighted by Crippen LogP contribution is 2.15. The van der Waals surface area contributed by atoms with Gasteiger partial charge in [0.05, 0.1) is 6.04 Å². The number of likely N-dealkylation sites (N-methyl/N-ethyl adjacent to an activating group) is 1. The highest BCUT2D eigenvalue weighted by Gasteiger charge is 2.31. The standard InChI is InChI=1S/C20H26N6O2/c1-26-10-2-3-17(26)20(28)25-16(11-14-6-8-22-9-7-14)19(27)24-13-15-4-5-18(21)23-12-15/h4-9,12,16-17H,2-3,10-11,13H2,1H3,(H2,21,23)(H,24,27)(H,25,28)/t16-,17+/m0/s1. The normalized spacial score (nSPS) is 17.8. The zero-order valence-corrected chi connectivity index (χ0v) is 16.0. The van der Waals surface area contributed by atoms with Crippen molar-refractivity contribution in [3.05, 3.63) is 54.0 Å². The molecular weight excluding hydrogens is 356 g/mol. The van der Waals surface area contributed by atoms with Crippen LogP contribution in [0.3, 0.4) is 0 Å². The first kappa shape index (κ1) is 19.8. The Kier molecular flexibility index (Phi) is 6.54. The first-order valence-electron chi connectivity index (χ1n) is 9.40. The molecule has 2 amide bonds. The average molecular weight is 382 g/mol. The lowest BCUT2D eigenvalue weighted by molar-refractivity contribution is -0.131. The van der Waals surface area contributed by atoms with Gasteiger partial charge in [-0.1, -0.05) is 6.07 Å². The minimum Gasteiger partial charge on any atom is -0.384 e. The maximum Gasteiger partial charge on any atom is 0.243 e. The number of nitrogens with zero attached hydrogens (tertiary/aromatic N) is 3. The Balaban J connectivity index is 1.66. The molecule has 0 radical (unpaired) electrons. The van der Waals surface area contributed by atoms with Crippen LogP contribution in [-0.4, -0.2) is 52.4 Å². The molecule has 8 nitrogen and oxygen atoms in total. The molecule has 148 valence electrons. The van der Waals surface area contributed by atoms with E-state index in [2.05, 4.69) is 20.6 Å². The molecule has 0 bridgehead atoms. The molecule has 1 aliphatic rings. The van der Waals surface area contributed by atoms with Crippen LogP contribution in [0.15, 0.2) is 42.9 Å². The molecule has 1 fully saturated rings. The summed E-state index contributed by atoms with van der Waals surface area (Å²) < 4.78 is 0. The predicted molar refractivity (Wildman–Crippen MR) is 106 cm³/mol. The topological polar surface area (TPSA) is 113 Å². The number of carbonyl (C=O) groups excluding carboxylic acids is 2. The summed E-state index contributed by atoms with van der Waals surface area (Å²) in [5, 5.41) is 5.82. The molecule has 8 heteroatoms. The summed E-state index contributed by atoms with van der Waals surface area (Å²) in [6, 6.07) is 6.34. The maximum atomic E-state index is 12.8. The number of amides is 2. The molecule has 0 unspecified atom stereocenters. The fourth-order valence-electron chi connectivity index (χ4n) is 3.33. The van der Waals surface area contributed by atoms with Gasteiger partial charge in [0, 0.05) is 31.6 Å². The van der Waals surface area contributed by atoms with E-state index >= 15 is 0 Å². The van der Waals surface area contributed by atoms with Gasteiger partial charge < -0.3 is 16.4 Å². The van der Waals surface area contributed by atoms with E-state index in [4.69, 9.17) is 5.73 Å². The molecule has 3 heterocycles. The van der Waals surface area contributed by atoms with Gasteiger partial charge in [0.1, 0.15) is 11.9 Å². The number of nitrogens with one attached hydrogen (secondary N) is 2. The Morgan fingerprint density at radius 1 is 1.25 bits per heavy atom. The summed E-state index contributed by atoms with van der Waals surface area (Å²) in [4.78, 5) is 35.6. The van der Waals surface area contributed by atoms with Crippen LogP contribution in [0.1, 0.15) is 24.0 Å². The van der Waals surface area contributed by atoms with Crippen molar-refractivity contribution in [3.63, 3.8) is 0 Å². The molecule has 4 N–H and O–H groups in total. The van der Waals surface area contributed by atoms with Gasteiger partial charge in [-0.25, -0.2) is 4.98 Å². The van der Waals surface area contributed by atoms with Crippen LogP contribution in [0.25, 0.3) is 0 Å². The van der Waals surface area contributed by atoms with Gasteiger partial charge >= 0.3 is 0 Å². The molecule has 0 saturated carbocycles. The lowest BCUT2D eigenvalue weighted by Gasteiger charge is -2.23. The second-order valence-electron chi connectivity index (χ2n) is 7.07. The number of aromatic nitrogens is 2. The Labute approximate surface area is 164 Å². The van der Waals surface area contributed by atoms with Gasteiger partial charge in [0.15, 0.2) is 0 Å². The van der Waals surface area contributed by atoms with E-state index < -0.39 is 6.04 Å². The maximum absolute atomic E-state index is 12.8. The molecule has 2 aromatic rings. The number of carbonyl (C=O) groups is 2. The summed E-state index contributed by atoms with van der Waals surface area (Å²) in [6.45, 7) is 1.21. The Hall–Kier alpha value is -3.00. The molecule has 0 spiro atoms. The predicted octanol–water partition coefficient (Wildman–Crippen LogP) is 0.497. The zero-order chi connectivity index (χ0) is 19.9. The van der Waals surface area contributed by atoms with Crippen LogP contribution < -0.4 is 16.4 Å². The fraction of sp³-hybridized carbons (Fsp3) is 0.400. The van der Waals surface area contributed by atoms with Gasteiger partial charge in [-0.05, 0) is 55.8 Å². The summed E-state index contributed by atoms with van der Waals surface area (Å²) in [5.74, 6) is 0.0876. The van der Waals surface area contributed by atoms with Crippen LogP contribution in [0.4, 0.5) is 5.82 Å². The number of pyridine rings is 2. The summed E-state index contributed by atoms with van der Waals surface area (Å²) in [7, 11) is 1.93. The van der Waals surface area contributed by atoms with Crippen molar-refractivity contribution in [3.8, 4) is 0 Å². The zero-order valence-electron chi connectivity index (χ0n) is 16.0. The second-order valence-corrected chi connectivity index (χ2v) is 7.07. The summed E-state index contributed by atoms with van der Waals surface area (Å²) in [6.07, 6.45) is 7.17. The van der Waals surface area contributed by atoms with Gasteiger partial charge in [-0.3, -0.25) is 19.5 Å². The molecule has 28 heavy (non-hydrogen) atoms. The van der Waals surface area contributed by atoms with Gasteiger partial charge in [-0.15, -0.1) is 0 Å². The smallest absolute Gasteiger partial charge is 0.243 e. The van der Waals surface area contributed by atoms with E-state index in [9.17, 15) is 9.59 Å². The van der Waals surface area contributed by atoms with Crippen LogP contribution in [0.5, 0.6) is 0 Å². The molecule has 2 atom stereocenters. The van der Waals surface area contributed by atoms with Gasteiger partial charge in [-0.2, -0.15) is 0 Å². The van der Waals surface area contributed by atoms with E-state index in [1.807, 2.05) is 30.1 Å². The molecule has 2 aromatic heterocycles. The second kappa shape index (κ2) is 9.27. The van der Waals surface area contributed by atoms with Gasteiger partial charge in [0.2, 0.25) is 11.8 Å². The minimum absolute atomic E-state index is 0.108. The third kappa shape index (κ3) is 5.26. The van der Waals surface area contributed by atoms with Crippen LogP contribution in [-0.2, 0) is 22.6 Å². The van der Waals surface area contributed by atoms with E-state index in [1.165, 1.54) is 0 Å². The summed E-state index contributed by atoms with van der Waals surface area (Å²) in [5.41, 5.74) is 7.36. The highest BCUT2D eigenvalue weighted by atomic mass is 16.2. The SMILES string of the molecule is CN1CCC[C@@H]1C(=O)N[C@@H](Cc1ccncc1)C(=O)NCc1ccc(N)nc1. The van der Waals surface area contributed by atoms with Crippen molar-refractivity contribution < 1.29 is 9.59 Å². The van der Waals surface area contributed by atoms with Crippen molar-refractivity contribution in [2.75, 3.05) is 19.3 Å². The van der Waals surface area contributed by atoms with Gasteiger partial charge in [0.25, 0.3) is 0 Å². The number of hydrogen-bond acceptors (Lipinski definition) is 6. The van der Waals surface area contributed by atoms with Crippen molar-refractivity contribution in [2.24, 2.45) is 0 Å². The monoisotopic (exact) mass is 382 g/mol. The largest absolute Gasteiger partial charge is 0.384 e. The Morgan fingerprint density at radius 2 is 2.04 bits per heavy atom. The number of likely N-dealkylation sites (tertiary alicyclic amines) is 1. The molecule has 1 saturated heterocycles. The average Bonchev–Trinajstić information content (AvgIpc) is 3.13. The lowest BCUT2D eigenvalue weighted by atomic mass is 10.1. The molecule has 0 aromatic carbocycles. The third-order valence-corrected chi connectivity index (χ3v) is 4.96. The van der Waals surface area contributed by atoms with Crippen LogP contribution in [0.2, 0.25) is 0 Å². The number of anilines is 1. The number of rotatable bonds is 7. The molecule has 3 rings (SSSR count). The quantitative estimate of drug-likeness (QED) is 0.643. The lowest BCUT2D eigenvalue weighted by Crippen LogP contribution is -2.52. The molecule has 0 aliphatic carbocycles. The number of nitrogen functional groups attached to an aromatic ring is 1. The van der Waals surface area contributed by atoms with Crippen LogP contribution in [0, 0.1) is 0 Å². The van der Waals surface area contributed by atoms with E-state index in [1.54, 1.807) is 24.7 Å². The van der Waals surface area contributed by atoms with Crippen LogP contribution >= 0.6 is 0 Å². The minimum atomic E-state index is -0.661. The Bertz CT molecular complexity index is 796. The summed E-state index contributed by atoms with van der Waals surface area (Å²) >= 11 is 0. The first-order valence-corrected chi connectivity index (χ1v) is 9.40. The first-order chi connectivity index (χ1) is 13.5. The number of hydrogen-bond donors (Lipinski definition) is 3. The van der Waals surface area contributed by atoms with Crippen molar-refractivity contribution >= 4 is 17.6 Å². The number of nitrogens with two attached hydrogens (primary N) is 1. The fourth-order valence-corrected chi connectivity index (χ4v) is 3.33. The third-order valence-electron chi connectivity index (χ3n) is 4.96. The van der Waals surface area contributed by atoms with Crippen molar-refractivity contribution in [1.82, 2.24) is 25.5 Å². The molecular formula is C20H26N6O2. The van der Waals surface area contributed by atoms with Crippen molar-refractivity contribution in [1.29, 1.82) is 0 Å². The van der Waals surface area contributed by atoms with E-state index in [-0.39, 0.29) is 17.9 Å². The van der Waals surface area contributed by atoms with Crippen molar-refractivity contribution in [2.45, 2.75) is 37.9 Å². The molecule has 1 aliphatic heterocycles. The highest BCUT2D eigenvalue weighted by molar-refractivity contribution is 5.90. The van der Waals surface area contributed by atoms with E-state index in [0.29, 0.717) is 18.8 Å².